The first kappa shape index (κ1) is 61.5. The van der Waals surface area contributed by atoms with E-state index in [1.807, 2.05) is 184 Å². The van der Waals surface area contributed by atoms with E-state index in [4.69, 9.17) is 28.0 Å². The number of tetrazole rings is 3. The van der Waals surface area contributed by atoms with E-state index in [1.54, 1.807) is 6.07 Å². The molecule has 0 spiro atoms. The van der Waals surface area contributed by atoms with E-state index in [0.717, 1.165) is 61.0 Å². The number of rotatable bonds is 11. The van der Waals surface area contributed by atoms with Crippen LogP contribution in [0.25, 0.3) is 34.2 Å². The van der Waals surface area contributed by atoms with Gasteiger partial charge in [-0.1, -0.05) is 179 Å². The molecule has 0 atom stereocenters. The molecule has 5 aromatic heterocycles. The number of aromatic amines is 6. The van der Waals surface area contributed by atoms with Crippen LogP contribution in [0.4, 0.5) is 0 Å². The van der Waals surface area contributed by atoms with Gasteiger partial charge in [-0.3, -0.25) is 14.6 Å². The number of alkyl halides is 1. The van der Waals surface area contributed by atoms with Gasteiger partial charge < -0.3 is 9.97 Å². The van der Waals surface area contributed by atoms with Gasteiger partial charge >= 0.3 is 0 Å². The standard InChI is InChI=1S/C20H15N7OS.C12H9N3OS.C8H7BrN4.C8H8N4.C8H7N.C2H3N/c21-11-16-17(10-13-6-2-1-3-7-13)22-20(23-19(16)28)29-12-14-8-4-5-9-15(14)18-24-26-27-25-18;13-7-9-10(14-12(17)15-11(9)16)6-8-4-2-1-3-5-8;9-5-6-3-1-2-4-7(6)8-10-12-13-11-8;1-6-4-2-3-5-7(6)8-9-11-12-10-8;1-7-4-2-3-5-8(7)6-9;1-2-3/h1-9H,10,12H2,(H,22,23,28)(H,24,25,26,27);1-5H,6H2,(H2,14,15,16,17);1-4H,5H2,(H,10,11,12,13);2-5H,1H3,(H,9,10,11,12);2-5H,1H3;1H3. The quantitative estimate of drug-likeness (QED) is 0.0303. The molecule has 6 aromatic carbocycles. The maximum atomic E-state index is 12.4. The van der Waals surface area contributed by atoms with Gasteiger partial charge in [-0.15, -0.1) is 30.6 Å². The lowest BCUT2D eigenvalue weighted by molar-refractivity contribution is 0.870. The zero-order chi connectivity index (χ0) is 59.2. The van der Waals surface area contributed by atoms with E-state index in [-0.39, 0.29) is 15.9 Å². The molecule has 412 valence electrons. The SMILES string of the molecule is BrCc1ccccc1-c1nn[nH]n1.CC#N.Cc1ccccc1-c1nn[nH]n1.Cc1ccccc1C#N.N#Cc1c(Cc2ccccc2)[nH]c(=S)[nH]c1=O.N#Cc1c(Cc2ccccc2)nc(SCc2ccccc2-c2nn[nH]n2)[nH]c1=O. The highest BCUT2D eigenvalue weighted by molar-refractivity contribution is 9.08. The van der Waals surface area contributed by atoms with E-state index in [9.17, 15) is 14.9 Å². The lowest BCUT2D eigenvalue weighted by Gasteiger charge is -2.08. The molecule has 0 bridgehead atoms. The highest BCUT2D eigenvalue weighted by Crippen LogP contribution is 2.27. The van der Waals surface area contributed by atoms with Gasteiger partial charge in [0, 0.05) is 53.2 Å². The van der Waals surface area contributed by atoms with Gasteiger partial charge in [-0.05, 0) is 81.2 Å². The first-order chi connectivity index (χ1) is 40.5. The number of nitrogens with zero attached hydrogens (tertiary/aromatic N) is 14. The van der Waals surface area contributed by atoms with Crippen molar-refractivity contribution >= 4 is 39.9 Å². The van der Waals surface area contributed by atoms with E-state index in [0.29, 0.717) is 52.6 Å². The molecule has 0 aliphatic rings. The van der Waals surface area contributed by atoms with Crippen molar-refractivity contribution in [3.8, 4) is 58.4 Å². The largest absolute Gasteiger partial charge is 0.334 e. The van der Waals surface area contributed by atoms with Crippen LogP contribution in [-0.4, -0.2) is 81.8 Å². The minimum absolute atomic E-state index is 0.0467. The average Bonchev–Trinajstić information content (AvgIpc) is 4.47. The fourth-order valence-electron chi connectivity index (χ4n) is 7.40. The second-order valence-corrected chi connectivity index (χ2v) is 18.8. The van der Waals surface area contributed by atoms with Crippen molar-refractivity contribution < 1.29 is 0 Å². The van der Waals surface area contributed by atoms with Gasteiger partial charge in [0.2, 0.25) is 17.5 Å². The van der Waals surface area contributed by atoms with Gasteiger partial charge in [0.1, 0.15) is 23.3 Å². The Bertz CT molecular complexity index is 4150. The van der Waals surface area contributed by atoms with Crippen molar-refractivity contribution in [1.82, 2.24) is 81.8 Å². The topological polar surface area (TPSA) is 353 Å². The summed E-state index contributed by atoms with van der Waals surface area (Å²) in [5.41, 5.74) is 10.3. The molecule has 22 nitrogen and oxygen atoms in total. The molecule has 5 heterocycles. The molecule has 0 aliphatic heterocycles. The Labute approximate surface area is 492 Å². The molecule has 0 amide bonds. The highest BCUT2D eigenvalue weighted by Gasteiger charge is 2.15. The van der Waals surface area contributed by atoms with Crippen LogP contribution in [0.15, 0.2) is 172 Å². The van der Waals surface area contributed by atoms with Gasteiger partial charge in [0.05, 0.1) is 23.4 Å². The number of halogens is 1. The van der Waals surface area contributed by atoms with Crippen molar-refractivity contribution in [1.29, 1.82) is 21.0 Å². The smallest absolute Gasteiger partial charge is 0.269 e. The van der Waals surface area contributed by atoms with Crippen LogP contribution in [0, 0.1) is 63.9 Å². The molecular formula is C58H49BrN20O2S2. The Kier molecular flexibility index (Phi) is 24.5. The number of aromatic nitrogens is 16. The monoisotopic (exact) mass is 1200 g/mol. The Morgan fingerprint density at radius 2 is 0.988 bits per heavy atom. The molecule has 0 aliphatic carbocycles. The summed E-state index contributed by atoms with van der Waals surface area (Å²) in [7, 11) is 0. The second-order valence-electron chi connectivity index (χ2n) is 16.9. The third-order valence-corrected chi connectivity index (χ3v) is 13.1. The van der Waals surface area contributed by atoms with Crippen LogP contribution in [0.5, 0.6) is 0 Å². The van der Waals surface area contributed by atoms with Gasteiger partial charge in [-0.2, -0.15) is 36.7 Å². The average molecular weight is 1200 g/mol. The Morgan fingerprint density at radius 3 is 1.48 bits per heavy atom. The third-order valence-electron chi connectivity index (χ3n) is 11.4. The zero-order valence-corrected chi connectivity index (χ0v) is 47.8. The van der Waals surface area contributed by atoms with Crippen LogP contribution < -0.4 is 11.1 Å². The van der Waals surface area contributed by atoms with E-state index < -0.39 is 11.1 Å². The predicted octanol–water partition coefficient (Wildman–Crippen LogP) is 9.93. The molecule has 0 radical (unpaired) electrons. The molecule has 0 fully saturated rings. The first-order valence-corrected chi connectivity index (χ1v) is 27.3. The Morgan fingerprint density at radius 1 is 0.530 bits per heavy atom. The molecule has 6 N–H and O–H groups in total. The number of benzene rings is 6. The minimum atomic E-state index is -0.442. The number of H-pyrrole nitrogens is 6. The number of nitriles is 4. The second kappa shape index (κ2) is 33.0. The summed E-state index contributed by atoms with van der Waals surface area (Å²) in [5, 5.41) is 77.0. The van der Waals surface area contributed by atoms with E-state index in [2.05, 4.69) is 104 Å². The molecule has 0 unspecified atom stereocenters. The first-order valence-electron chi connectivity index (χ1n) is 24.7. The normalized spacial score (nSPS) is 9.78. The number of aryl methyl sites for hydroxylation is 2. The number of nitrogens with one attached hydrogen (secondary N) is 6. The van der Waals surface area contributed by atoms with Crippen molar-refractivity contribution in [3.63, 3.8) is 0 Å². The van der Waals surface area contributed by atoms with E-state index in [1.165, 1.54) is 18.7 Å². The minimum Gasteiger partial charge on any atom is -0.334 e. The summed E-state index contributed by atoms with van der Waals surface area (Å²) in [6, 6.07) is 58.0. The molecular weight excluding hydrogens is 1150 g/mol. The molecule has 25 heteroatoms. The summed E-state index contributed by atoms with van der Waals surface area (Å²) >= 11 is 9.68. The van der Waals surface area contributed by atoms with Crippen LogP contribution in [0.2, 0.25) is 0 Å². The molecule has 83 heavy (non-hydrogen) atoms. The summed E-state index contributed by atoms with van der Waals surface area (Å²) in [6.45, 7) is 5.38. The lowest BCUT2D eigenvalue weighted by atomic mass is 10.1. The fraction of sp³-hybridized carbons (Fsp3) is 0.121. The van der Waals surface area contributed by atoms with Crippen molar-refractivity contribution in [2.45, 2.75) is 49.9 Å². The summed E-state index contributed by atoms with van der Waals surface area (Å²) in [4.78, 5) is 36.4. The lowest BCUT2D eigenvalue weighted by Crippen LogP contribution is -2.17. The van der Waals surface area contributed by atoms with Gasteiger partial charge in [0.15, 0.2) is 9.93 Å². The summed E-state index contributed by atoms with van der Waals surface area (Å²) < 4.78 is 0.236. The van der Waals surface area contributed by atoms with Crippen LogP contribution in [0.3, 0.4) is 0 Å². The number of thioether (sulfide) groups is 1. The van der Waals surface area contributed by atoms with Crippen LogP contribution in [0.1, 0.15) is 68.4 Å². The van der Waals surface area contributed by atoms with Crippen molar-refractivity contribution in [3.05, 3.63) is 245 Å². The van der Waals surface area contributed by atoms with E-state index >= 15 is 0 Å². The molecule has 11 rings (SSSR count). The summed E-state index contributed by atoms with van der Waals surface area (Å²) in [5.74, 6) is 2.33. The van der Waals surface area contributed by atoms with Crippen LogP contribution >= 0.6 is 39.9 Å². The molecule has 0 saturated carbocycles. The molecule has 11 aromatic rings. The van der Waals surface area contributed by atoms with Crippen LogP contribution in [-0.2, 0) is 23.9 Å². The highest BCUT2D eigenvalue weighted by atomic mass is 79.9. The Balaban J connectivity index is 0.000000175. The zero-order valence-electron chi connectivity index (χ0n) is 44.6. The third kappa shape index (κ3) is 18.7. The molecule has 0 saturated heterocycles. The maximum Gasteiger partial charge on any atom is 0.269 e. The van der Waals surface area contributed by atoms with Crippen molar-refractivity contribution in [2.24, 2.45) is 0 Å². The van der Waals surface area contributed by atoms with Crippen molar-refractivity contribution in [2.75, 3.05) is 0 Å². The number of hydrogen-bond acceptors (Lipinski definition) is 18. The summed E-state index contributed by atoms with van der Waals surface area (Å²) in [6.07, 6.45) is 0.901. The number of hydrogen-bond donors (Lipinski definition) is 6. The van der Waals surface area contributed by atoms with Gasteiger partial charge in [0.25, 0.3) is 11.1 Å². The predicted molar refractivity (Wildman–Crippen MR) is 318 cm³/mol. The maximum absolute atomic E-state index is 12.4. The van der Waals surface area contributed by atoms with Gasteiger partial charge in [-0.25, -0.2) is 4.98 Å². The fourth-order valence-corrected chi connectivity index (χ4v) is 8.99. The Hall–Kier alpha value is -10.7.